The van der Waals surface area contributed by atoms with Gasteiger partial charge in [0.2, 0.25) is 0 Å². The van der Waals surface area contributed by atoms with Gasteiger partial charge in [-0.1, -0.05) is 18.2 Å². The average Bonchev–Trinajstić information content (AvgIpc) is 2.60. The molecule has 0 saturated heterocycles. The Morgan fingerprint density at radius 1 is 1.45 bits per heavy atom. The fourth-order valence-corrected chi connectivity index (χ4v) is 2.56. The average molecular weight is 277 g/mol. The van der Waals surface area contributed by atoms with Crippen LogP contribution < -0.4 is 0 Å². The highest BCUT2D eigenvalue weighted by atomic mass is 16.5. The summed E-state index contributed by atoms with van der Waals surface area (Å²) in [5.41, 5.74) is 2.65. The number of likely N-dealkylation sites (N-methyl/N-ethyl adjacent to an activating group) is 1. The molecule has 1 aromatic carbocycles. The predicted octanol–water partition coefficient (Wildman–Crippen LogP) is 2.50. The number of rotatable bonds is 3. The van der Waals surface area contributed by atoms with Crippen LogP contribution in [-0.2, 0) is 11.2 Å². The van der Waals surface area contributed by atoms with Gasteiger partial charge < -0.3 is 14.7 Å². The minimum Gasteiger partial charge on any atom is -0.465 e. The van der Waals surface area contributed by atoms with Gasteiger partial charge in [0.1, 0.15) is 6.10 Å². The molecular weight excluding hydrogens is 258 g/mol. The third kappa shape index (κ3) is 2.99. The standard InChI is InChI=1S/C15H19NO4/c1-10(17)11-5-3-6-13-12(11)7-4-8-20-14(13)9-16(2)15(18)19/h3,5-6,14H,4,7-9H2,1-2H3,(H,18,19). The smallest absolute Gasteiger partial charge is 0.407 e. The third-order valence-electron chi connectivity index (χ3n) is 3.59. The monoisotopic (exact) mass is 277 g/mol. The van der Waals surface area contributed by atoms with Crippen LogP contribution in [0.5, 0.6) is 0 Å². The van der Waals surface area contributed by atoms with Crippen LogP contribution in [0.2, 0.25) is 0 Å². The van der Waals surface area contributed by atoms with E-state index in [0.29, 0.717) is 6.61 Å². The van der Waals surface area contributed by atoms with Gasteiger partial charge in [-0.3, -0.25) is 4.79 Å². The predicted molar refractivity (Wildman–Crippen MR) is 74.1 cm³/mol. The van der Waals surface area contributed by atoms with E-state index in [0.717, 1.165) is 29.5 Å². The van der Waals surface area contributed by atoms with E-state index in [9.17, 15) is 9.59 Å². The number of ketones is 1. The van der Waals surface area contributed by atoms with Gasteiger partial charge in [-0.15, -0.1) is 0 Å². The van der Waals surface area contributed by atoms with Crippen molar-refractivity contribution in [2.75, 3.05) is 20.2 Å². The van der Waals surface area contributed by atoms with E-state index in [4.69, 9.17) is 9.84 Å². The second kappa shape index (κ2) is 6.05. The number of hydrogen-bond donors (Lipinski definition) is 1. The van der Waals surface area contributed by atoms with E-state index in [-0.39, 0.29) is 18.4 Å². The summed E-state index contributed by atoms with van der Waals surface area (Å²) < 4.78 is 5.77. The maximum absolute atomic E-state index is 11.7. The molecular formula is C15H19NO4. The van der Waals surface area contributed by atoms with Gasteiger partial charge in [-0.2, -0.15) is 0 Å². The number of carbonyl (C=O) groups is 2. The highest BCUT2D eigenvalue weighted by molar-refractivity contribution is 5.96. The molecule has 0 bridgehead atoms. The summed E-state index contributed by atoms with van der Waals surface area (Å²) in [6.45, 7) is 2.40. The summed E-state index contributed by atoms with van der Waals surface area (Å²) >= 11 is 0. The Labute approximate surface area is 118 Å². The summed E-state index contributed by atoms with van der Waals surface area (Å²) in [4.78, 5) is 23.9. The van der Waals surface area contributed by atoms with E-state index in [1.807, 2.05) is 18.2 Å². The quantitative estimate of drug-likeness (QED) is 0.862. The number of amides is 1. The van der Waals surface area contributed by atoms with Crippen molar-refractivity contribution in [1.29, 1.82) is 0 Å². The molecule has 108 valence electrons. The molecule has 0 saturated carbocycles. The number of hydrogen-bond acceptors (Lipinski definition) is 3. The summed E-state index contributed by atoms with van der Waals surface area (Å²) in [6.07, 6.45) is 0.332. The molecule has 5 nitrogen and oxygen atoms in total. The Morgan fingerprint density at radius 2 is 2.20 bits per heavy atom. The molecule has 1 aliphatic heterocycles. The van der Waals surface area contributed by atoms with Gasteiger partial charge in [0.05, 0.1) is 6.54 Å². The second-order valence-electron chi connectivity index (χ2n) is 5.06. The zero-order valence-electron chi connectivity index (χ0n) is 11.8. The molecule has 0 spiro atoms. The fraction of sp³-hybridized carbons (Fsp3) is 0.467. The van der Waals surface area contributed by atoms with Crippen LogP contribution >= 0.6 is 0 Å². The molecule has 1 unspecified atom stereocenters. The number of Topliss-reactive ketones (excluding diaryl/α,β-unsaturated/α-hetero) is 1. The van der Waals surface area contributed by atoms with Crippen LogP contribution in [0.1, 0.15) is 40.9 Å². The first kappa shape index (κ1) is 14.5. The highest BCUT2D eigenvalue weighted by Gasteiger charge is 2.24. The molecule has 1 amide bonds. The Balaban J connectivity index is 2.37. The Hall–Kier alpha value is -1.88. The number of fused-ring (bicyclic) bond motifs is 1. The largest absolute Gasteiger partial charge is 0.465 e. The molecule has 1 heterocycles. The molecule has 20 heavy (non-hydrogen) atoms. The zero-order chi connectivity index (χ0) is 14.7. The molecule has 5 heteroatoms. The van der Waals surface area contributed by atoms with Crippen molar-refractivity contribution in [3.63, 3.8) is 0 Å². The van der Waals surface area contributed by atoms with Crippen molar-refractivity contribution in [2.24, 2.45) is 0 Å². The van der Waals surface area contributed by atoms with Crippen LogP contribution in [0.4, 0.5) is 4.79 Å². The number of benzene rings is 1. The van der Waals surface area contributed by atoms with Crippen molar-refractivity contribution < 1.29 is 19.4 Å². The SMILES string of the molecule is CC(=O)c1cccc2c1CCCOC2CN(C)C(=O)O. The van der Waals surface area contributed by atoms with E-state index < -0.39 is 6.09 Å². The fourth-order valence-electron chi connectivity index (χ4n) is 2.56. The minimum atomic E-state index is -0.984. The molecule has 0 radical (unpaired) electrons. The van der Waals surface area contributed by atoms with Crippen LogP contribution in [0.3, 0.4) is 0 Å². The van der Waals surface area contributed by atoms with Crippen LogP contribution in [-0.4, -0.2) is 42.1 Å². The molecule has 1 atom stereocenters. The van der Waals surface area contributed by atoms with Gasteiger partial charge >= 0.3 is 6.09 Å². The van der Waals surface area contributed by atoms with Gasteiger partial charge in [0, 0.05) is 19.2 Å². The van der Waals surface area contributed by atoms with Crippen molar-refractivity contribution in [2.45, 2.75) is 25.9 Å². The van der Waals surface area contributed by atoms with Crippen molar-refractivity contribution in [3.8, 4) is 0 Å². The summed E-state index contributed by atoms with van der Waals surface area (Å²) in [5, 5.41) is 8.99. The van der Waals surface area contributed by atoms with E-state index in [2.05, 4.69) is 0 Å². The molecule has 2 rings (SSSR count). The lowest BCUT2D eigenvalue weighted by atomic mass is 9.93. The van der Waals surface area contributed by atoms with Gasteiger partial charge in [0.25, 0.3) is 0 Å². The first-order valence-corrected chi connectivity index (χ1v) is 6.69. The minimum absolute atomic E-state index is 0.0362. The van der Waals surface area contributed by atoms with Crippen LogP contribution in [0, 0.1) is 0 Å². The third-order valence-corrected chi connectivity index (χ3v) is 3.59. The Morgan fingerprint density at radius 3 is 2.85 bits per heavy atom. The maximum atomic E-state index is 11.7. The summed E-state index contributed by atoms with van der Waals surface area (Å²) in [6, 6.07) is 5.58. The van der Waals surface area contributed by atoms with E-state index in [1.165, 1.54) is 11.9 Å². The van der Waals surface area contributed by atoms with Crippen molar-refractivity contribution in [1.82, 2.24) is 4.90 Å². The first-order chi connectivity index (χ1) is 9.50. The first-order valence-electron chi connectivity index (χ1n) is 6.69. The zero-order valence-corrected chi connectivity index (χ0v) is 11.8. The Bertz CT molecular complexity index is 527. The normalized spacial score (nSPS) is 18.0. The number of carbonyl (C=O) groups excluding carboxylic acids is 1. The van der Waals surface area contributed by atoms with E-state index in [1.54, 1.807) is 6.92 Å². The van der Waals surface area contributed by atoms with Crippen LogP contribution in [0.15, 0.2) is 18.2 Å². The van der Waals surface area contributed by atoms with E-state index >= 15 is 0 Å². The number of ether oxygens (including phenoxy) is 1. The van der Waals surface area contributed by atoms with Crippen molar-refractivity contribution >= 4 is 11.9 Å². The molecule has 0 aromatic heterocycles. The second-order valence-corrected chi connectivity index (χ2v) is 5.06. The van der Waals surface area contributed by atoms with Gasteiger partial charge in [-0.05, 0) is 30.9 Å². The van der Waals surface area contributed by atoms with Gasteiger partial charge in [0.15, 0.2) is 5.78 Å². The molecule has 1 aromatic rings. The molecule has 0 aliphatic carbocycles. The lowest BCUT2D eigenvalue weighted by molar-refractivity contribution is 0.0345. The highest BCUT2D eigenvalue weighted by Crippen LogP contribution is 2.29. The molecule has 0 fully saturated rings. The van der Waals surface area contributed by atoms with Crippen LogP contribution in [0.25, 0.3) is 0 Å². The van der Waals surface area contributed by atoms with Gasteiger partial charge in [-0.25, -0.2) is 4.79 Å². The molecule has 1 N–H and O–H groups in total. The summed E-state index contributed by atoms with van der Waals surface area (Å²) in [7, 11) is 1.52. The number of nitrogens with zero attached hydrogens (tertiary/aromatic N) is 1. The Kier molecular flexibility index (Phi) is 4.39. The number of carboxylic acid groups (broad SMARTS) is 1. The topological polar surface area (TPSA) is 66.8 Å². The maximum Gasteiger partial charge on any atom is 0.407 e. The lowest BCUT2D eigenvalue weighted by Gasteiger charge is -2.23. The summed E-state index contributed by atoms with van der Waals surface area (Å²) in [5.74, 6) is 0.0362. The molecule has 1 aliphatic rings. The lowest BCUT2D eigenvalue weighted by Crippen LogP contribution is -2.30. The van der Waals surface area contributed by atoms with Crippen molar-refractivity contribution in [3.05, 3.63) is 34.9 Å².